The number of carbonyl (C=O) groups is 1. The van der Waals surface area contributed by atoms with Crippen molar-refractivity contribution >= 4 is 23.3 Å². The number of anilines is 1. The first kappa shape index (κ1) is 14.3. The second-order valence-corrected chi connectivity index (χ2v) is 4.44. The Kier molecular flexibility index (Phi) is 5.47. The Bertz CT molecular complexity index is 469. The van der Waals surface area contributed by atoms with E-state index in [-0.39, 0.29) is 12.5 Å². The van der Waals surface area contributed by atoms with E-state index in [0.717, 1.165) is 18.5 Å². The van der Waals surface area contributed by atoms with E-state index in [4.69, 9.17) is 22.0 Å². The predicted molar refractivity (Wildman–Crippen MR) is 70.7 cm³/mol. The minimum absolute atomic E-state index is 0.0610. The molecular formula is C13H15ClN2O2. The Balaban J connectivity index is 2.77. The van der Waals surface area contributed by atoms with Crippen LogP contribution in [0, 0.1) is 11.3 Å². The van der Waals surface area contributed by atoms with Crippen LogP contribution in [-0.4, -0.2) is 17.1 Å². The van der Waals surface area contributed by atoms with Gasteiger partial charge in [-0.15, -0.1) is 0 Å². The molecule has 0 radical (unpaired) electrons. The minimum atomic E-state index is -0.833. The molecule has 1 atom stereocenters. The lowest BCUT2D eigenvalue weighted by atomic mass is 10.1. The second-order valence-electron chi connectivity index (χ2n) is 4.03. The molecule has 0 bridgehead atoms. The average Bonchev–Trinajstić information content (AvgIpc) is 2.28. The fourth-order valence-corrected chi connectivity index (χ4v) is 1.94. The van der Waals surface area contributed by atoms with Crippen LogP contribution in [0.5, 0.6) is 0 Å². The number of halogens is 1. The Hall–Kier alpha value is -1.73. The standard InChI is InChI=1S/C13H15ClN2O2/c1-2-3-10(7-13(17)18)16-11-5-4-9(8-15)12(14)6-11/h4-6,10,16H,2-3,7H2,1H3,(H,17,18). The van der Waals surface area contributed by atoms with Crippen molar-refractivity contribution in [1.82, 2.24) is 0 Å². The molecule has 0 saturated carbocycles. The van der Waals surface area contributed by atoms with Gasteiger partial charge in [-0.05, 0) is 24.6 Å². The summed E-state index contributed by atoms with van der Waals surface area (Å²) in [5, 5.41) is 21.1. The second kappa shape index (κ2) is 6.87. The van der Waals surface area contributed by atoms with Crippen LogP contribution in [0.3, 0.4) is 0 Å². The highest BCUT2D eigenvalue weighted by Crippen LogP contribution is 2.21. The van der Waals surface area contributed by atoms with Crippen LogP contribution >= 0.6 is 11.6 Å². The van der Waals surface area contributed by atoms with Gasteiger partial charge in [0.15, 0.2) is 0 Å². The maximum absolute atomic E-state index is 10.7. The van der Waals surface area contributed by atoms with E-state index in [2.05, 4.69) is 5.32 Å². The first-order valence-corrected chi connectivity index (χ1v) is 6.12. The van der Waals surface area contributed by atoms with Crippen LogP contribution in [0.1, 0.15) is 31.7 Å². The molecular weight excluding hydrogens is 252 g/mol. The first-order chi connectivity index (χ1) is 8.56. The lowest BCUT2D eigenvalue weighted by molar-refractivity contribution is -0.137. The number of nitrogens with zero attached hydrogens (tertiary/aromatic N) is 1. The zero-order chi connectivity index (χ0) is 13.5. The summed E-state index contributed by atoms with van der Waals surface area (Å²) in [6, 6.07) is 6.85. The number of rotatable bonds is 6. The van der Waals surface area contributed by atoms with Crippen LogP contribution in [0.2, 0.25) is 5.02 Å². The number of carboxylic acids is 1. The van der Waals surface area contributed by atoms with Crippen LogP contribution in [0.4, 0.5) is 5.69 Å². The number of hydrogen-bond donors (Lipinski definition) is 2. The van der Waals surface area contributed by atoms with Gasteiger partial charge in [-0.25, -0.2) is 0 Å². The number of carboxylic acid groups (broad SMARTS) is 1. The topological polar surface area (TPSA) is 73.1 Å². The molecule has 2 N–H and O–H groups in total. The maximum atomic E-state index is 10.7. The van der Waals surface area contributed by atoms with E-state index in [9.17, 15) is 4.79 Å². The molecule has 18 heavy (non-hydrogen) atoms. The minimum Gasteiger partial charge on any atom is -0.481 e. The van der Waals surface area contributed by atoms with Crippen molar-refractivity contribution in [2.45, 2.75) is 32.2 Å². The Labute approximate surface area is 111 Å². The van der Waals surface area contributed by atoms with Crippen molar-refractivity contribution in [3.8, 4) is 6.07 Å². The van der Waals surface area contributed by atoms with E-state index in [1.54, 1.807) is 18.2 Å². The smallest absolute Gasteiger partial charge is 0.305 e. The first-order valence-electron chi connectivity index (χ1n) is 5.74. The molecule has 0 aromatic heterocycles. The molecule has 4 nitrogen and oxygen atoms in total. The molecule has 1 rings (SSSR count). The molecule has 96 valence electrons. The largest absolute Gasteiger partial charge is 0.481 e. The van der Waals surface area contributed by atoms with Gasteiger partial charge < -0.3 is 10.4 Å². The van der Waals surface area contributed by atoms with Gasteiger partial charge in [0, 0.05) is 11.7 Å². The number of nitrogens with one attached hydrogen (secondary N) is 1. The summed E-state index contributed by atoms with van der Waals surface area (Å²) in [5.74, 6) is -0.833. The zero-order valence-electron chi connectivity index (χ0n) is 10.1. The summed E-state index contributed by atoms with van der Waals surface area (Å²) in [6.07, 6.45) is 1.73. The van der Waals surface area contributed by atoms with Gasteiger partial charge in [0.05, 0.1) is 17.0 Å². The van der Waals surface area contributed by atoms with Gasteiger partial charge in [-0.3, -0.25) is 4.79 Å². The van der Waals surface area contributed by atoms with Crippen molar-refractivity contribution in [2.24, 2.45) is 0 Å². The molecule has 0 fully saturated rings. The summed E-state index contributed by atoms with van der Waals surface area (Å²) in [7, 11) is 0. The predicted octanol–water partition coefficient (Wildman–Crippen LogP) is 3.27. The Morgan fingerprint density at radius 3 is 2.83 bits per heavy atom. The van der Waals surface area contributed by atoms with Crippen LogP contribution < -0.4 is 5.32 Å². The van der Waals surface area contributed by atoms with Crippen molar-refractivity contribution in [3.05, 3.63) is 28.8 Å². The van der Waals surface area contributed by atoms with E-state index in [1.165, 1.54) is 0 Å². The third-order valence-corrected chi connectivity index (χ3v) is 2.83. The van der Waals surface area contributed by atoms with Gasteiger partial charge in [-0.1, -0.05) is 24.9 Å². The number of hydrogen-bond acceptors (Lipinski definition) is 3. The van der Waals surface area contributed by atoms with Crippen LogP contribution in [0.25, 0.3) is 0 Å². The SMILES string of the molecule is CCCC(CC(=O)O)Nc1ccc(C#N)c(Cl)c1. The van der Waals surface area contributed by atoms with Gasteiger partial charge in [0.1, 0.15) is 6.07 Å². The van der Waals surface area contributed by atoms with E-state index in [0.29, 0.717) is 10.6 Å². The molecule has 0 saturated heterocycles. The molecule has 0 aliphatic rings. The van der Waals surface area contributed by atoms with Gasteiger partial charge in [-0.2, -0.15) is 5.26 Å². The van der Waals surface area contributed by atoms with Gasteiger partial charge in [0.25, 0.3) is 0 Å². The van der Waals surface area contributed by atoms with E-state index >= 15 is 0 Å². The summed E-state index contributed by atoms with van der Waals surface area (Å²) in [6.45, 7) is 2.00. The fraction of sp³-hybridized carbons (Fsp3) is 0.385. The maximum Gasteiger partial charge on any atom is 0.305 e. The van der Waals surface area contributed by atoms with Crippen LogP contribution in [0.15, 0.2) is 18.2 Å². The third kappa shape index (κ3) is 4.27. The lowest BCUT2D eigenvalue weighted by Gasteiger charge is -2.17. The molecule has 0 aliphatic carbocycles. The molecule has 5 heteroatoms. The Morgan fingerprint density at radius 1 is 1.61 bits per heavy atom. The summed E-state index contributed by atoms with van der Waals surface area (Å²) >= 11 is 5.92. The number of benzene rings is 1. The summed E-state index contributed by atoms with van der Waals surface area (Å²) in [5.41, 5.74) is 1.14. The van der Waals surface area contributed by atoms with Crippen molar-refractivity contribution < 1.29 is 9.90 Å². The quantitative estimate of drug-likeness (QED) is 0.829. The Morgan fingerprint density at radius 2 is 2.33 bits per heavy atom. The monoisotopic (exact) mass is 266 g/mol. The lowest BCUT2D eigenvalue weighted by Crippen LogP contribution is -2.22. The molecule has 1 aromatic rings. The van der Waals surface area contributed by atoms with Crippen molar-refractivity contribution in [3.63, 3.8) is 0 Å². The van der Waals surface area contributed by atoms with Crippen molar-refractivity contribution in [1.29, 1.82) is 5.26 Å². The number of aliphatic carboxylic acids is 1. The average molecular weight is 267 g/mol. The summed E-state index contributed by atoms with van der Waals surface area (Å²) in [4.78, 5) is 10.7. The highest BCUT2D eigenvalue weighted by Gasteiger charge is 2.12. The third-order valence-electron chi connectivity index (χ3n) is 2.52. The zero-order valence-corrected chi connectivity index (χ0v) is 10.9. The molecule has 1 aromatic carbocycles. The highest BCUT2D eigenvalue weighted by atomic mass is 35.5. The van der Waals surface area contributed by atoms with Crippen molar-refractivity contribution in [2.75, 3.05) is 5.32 Å². The highest BCUT2D eigenvalue weighted by molar-refractivity contribution is 6.32. The number of nitriles is 1. The van der Waals surface area contributed by atoms with Crippen LogP contribution in [-0.2, 0) is 4.79 Å². The molecule has 1 unspecified atom stereocenters. The van der Waals surface area contributed by atoms with Gasteiger partial charge in [0.2, 0.25) is 0 Å². The molecule has 0 spiro atoms. The van der Waals surface area contributed by atoms with Gasteiger partial charge >= 0.3 is 5.97 Å². The van der Waals surface area contributed by atoms with E-state index < -0.39 is 5.97 Å². The molecule has 0 amide bonds. The normalized spacial score (nSPS) is 11.6. The van der Waals surface area contributed by atoms with E-state index in [1.807, 2.05) is 13.0 Å². The fourth-order valence-electron chi connectivity index (χ4n) is 1.72. The molecule has 0 heterocycles. The molecule has 0 aliphatic heterocycles. The summed E-state index contributed by atoms with van der Waals surface area (Å²) < 4.78 is 0.